The molecular weight excluding hydrogens is 414 g/mol. The van der Waals surface area contributed by atoms with Gasteiger partial charge in [0, 0.05) is 10.6 Å². The lowest BCUT2D eigenvalue weighted by molar-refractivity contribution is -0.113. The van der Waals surface area contributed by atoms with Crippen LogP contribution in [0, 0.1) is 0 Å². The molecule has 2 N–H and O–H groups in total. The fraction of sp³-hybridized carbons (Fsp3) is 0.435. The van der Waals surface area contributed by atoms with Crippen molar-refractivity contribution in [2.24, 2.45) is 0 Å². The maximum atomic E-state index is 12.6. The number of thioether (sulfide) groups is 1. The summed E-state index contributed by atoms with van der Waals surface area (Å²) in [6.45, 7) is 0. The van der Waals surface area contributed by atoms with Crippen LogP contribution in [0.25, 0.3) is 10.2 Å². The lowest BCUT2D eigenvalue weighted by Gasteiger charge is -2.19. The van der Waals surface area contributed by atoms with E-state index in [-0.39, 0.29) is 11.5 Å². The Morgan fingerprint density at radius 3 is 2.80 bits per heavy atom. The Morgan fingerprint density at radius 1 is 1.10 bits per heavy atom. The van der Waals surface area contributed by atoms with Gasteiger partial charge in [-0.3, -0.25) is 9.59 Å². The number of H-pyrrole nitrogens is 1. The van der Waals surface area contributed by atoms with Crippen LogP contribution in [-0.2, 0) is 36.2 Å². The van der Waals surface area contributed by atoms with E-state index in [4.69, 9.17) is 0 Å². The molecule has 0 fully saturated rings. The van der Waals surface area contributed by atoms with E-state index in [1.165, 1.54) is 52.6 Å². The van der Waals surface area contributed by atoms with Crippen molar-refractivity contribution < 1.29 is 4.79 Å². The molecule has 30 heavy (non-hydrogen) atoms. The Hall–Kier alpha value is -2.12. The van der Waals surface area contributed by atoms with E-state index in [1.807, 2.05) is 12.1 Å². The molecule has 0 saturated carbocycles. The van der Waals surface area contributed by atoms with Gasteiger partial charge in [-0.2, -0.15) is 0 Å². The van der Waals surface area contributed by atoms with Crippen LogP contribution in [0.2, 0.25) is 0 Å². The summed E-state index contributed by atoms with van der Waals surface area (Å²) in [4.78, 5) is 34.9. The monoisotopic (exact) mass is 439 g/mol. The van der Waals surface area contributed by atoms with Crippen molar-refractivity contribution in [2.75, 3.05) is 11.1 Å². The Labute approximate surface area is 183 Å². The lowest BCUT2D eigenvalue weighted by atomic mass is 9.90. The number of aryl methyl sites for hydroxylation is 3. The number of nitrogens with one attached hydrogen (secondary N) is 2. The quantitative estimate of drug-likeness (QED) is 0.609. The van der Waals surface area contributed by atoms with Gasteiger partial charge in [0.15, 0.2) is 0 Å². The molecular formula is C23H25N3O2S2. The largest absolute Gasteiger partial charge is 0.325 e. The van der Waals surface area contributed by atoms with Crippen molar-refractivity contribution >= 4 is 44.9 Å². The topological polar surface area (TPSA) is 74.8 Å². The average Bonchev–Trinajstić information content (AvgIpc) is 3.13. The Kier molecular flexibility index (Phi) is 5.65. The minimum absolute atomic E-state index is 0.00557. The summed E-state index contributed by atoms with van der Waals surface area (Å²) in [6.07, 6.45) is 8.93. The van der Waals surface area contributed by atoms with Crippen molar-refractivity contribution in [3.8, 4) is 0 Å². The van der Waals surface area contributed by atoms with Gasteiger partial charge in [-0.25, -0.2) is 4.98 Å². The molecule has 2 aromatic heterocycles. The number of hydrogen-bond acceptors (Lipinski definition) is 5. The van der Waals surface area contributed by atoms with E-state index < -0.39 is 0 Å². The third-order valence-corrected chi connectivity index (χ3v) is 8.15. The molecule has 156 valence electrons. The second-order valence-electron chi connectivity index (χ2n) is 8.10. The van der Waals surface area contributed by atoms with Gasteiger partial charge in [0.2, 0.25) is 5.91 Å². The predicted molar refractivity (Wildman–Crippen MR) is 125 cm³/mol. The highest BCUT2D eigenvalue weighted by Crippen LogP contribution is 2.33. The highest BCUT2D eigenvalue weighted by atomic mass is 32.2. The molecule has 0 atom stereocenters. The molecule has 3 aromatic rings. The van der Waals surface area contributed by atoms with Crippen LogP contribution in [0.1, 0.15) is 53.1 Å². The highest BCUT2D eigenvalue weighted by Gasteiger charge is 2.20. The van der Waals surface area contributed by atoms with Gasteiger partial charge >= 0.3 is 0 Å². The summed E-state index contributed by atoms with van der Waals surface area (Å²) in [6, 6.07) is 6.19. The molecule has 1 amide bonds. The van der Waals surface area contributed by atoms with Gasteiger partial charge < -0.3 is 10.3 Å². The number of aromatic nitrogens is 2. The highest BCUT2D eigenvalue weighted by molar-refractivity contribution is 7.99. The minimum Gasteiger partial charge on any atom is -0.325 e. The second kappa shape index (κ2) is 8.55. The first-order chi connectivity index (χ1) is 14.7. The van der Waals surface area contributed by atoms with Gasteiger partial charge in [0.1, 0.15) is 10.7 Å². The number of benzene rings is 1. The number of fused-ring (bicyclic) bond motifs is 4. The first-order valence-electron chi connectivity index (χ1n) is 10.7. The zero-order valence-electron chi connectivity index (χ0n) is 16.9. The van der Waals surface area contributed by atoms with Gasteiger partial charge in [0.05, 0.1) is 16.9 Å². The minimum atomic E-state index is -0.0321. The number of thiophene rings is 1. The van der Waals surface area contributed by atoms with Crippen molar-refractivity contribution in [1.29, 1.82) is 0 Å². The van der Waals surface area contributed by atoms with Gasteiger partial charge in [0.25, 0.3) is 5.56 Å². The van der Waals surface area contributed by atoms with E-state index in [0.29, 0.717) is 17.3 Å². The van der Waals surface area contributed by atoms with E-state index in [1.54, 1.807) is 11.3 Å². The fourth-order valence-electron chi connectivity index (χ4n) is 4.60. The van der Waals surface area contributed by atoms with Crippen LogP contribution >= 0.6 is 23.1 Å². The molecule has 2 heterocycles. The molecule has 0 saturated heterocycles. The summed E-state index contributed by atoms with van der Waals surface area (Å²) in [5, 5.41) is 3.87. The lowest BCUT2D eigenvalue weighted by Crippen LogP contribution is -2.17. The Balaban J connectivity index is 1.23. The average molecular weight is 440 g/mol. The number of amides is 1. The number of rotatable bonds is 5. The van der Waals surface area contributed by atoms with Crippen LogP contribution in [0.4, 0.5) is 5.69 Å². The zero-order chi connectivity index (χ0) is 20.5. The molecule has 0 aliphatic heterocycles. The molecule has 7 heteroatoms. The number of hydrogen-bond donors (Lipinski definition) is 2. The zero-order valence-corrected chi connectivity index (χ0v) is 18.5. The molecule has 5 nitrogen and oxygen atoms in total. The smallest absolute Gasteiger partial charge is 0.259 e. The summed E-state index contributed by atoms with van der Waals surface area (Å²) < 4.78 is 0. The standard InChI is InChI=1S/C23H25N3O2S2/c27-20(24-17-10-5-7-14-6-1-2-8-15(14)17)13-29-12-19-25-22(28)21-16-9-3-4-11-18(16)30-23(21)26-19/h5,7,10H,1-4,6,8-9,11-13H2,(H,24,27)(H,25,26,28). The van der Waals surface area contributed by atoms with Crippen molar-refractivity contribution in [1.82, 2.24) is 9.97 Å². The van der Waals surface area contributed by atoms with Crippen LogP contribution in [0.3, 0.4) is 0 Å². The van der Waals surface area contributed by atoms with Crippen molar-refractivity contribution in [3.63, 3.8) is 0 Å². The SMILES string of the molecule is O=C(CSCc1nc2sc3c(c2c(=O)[nH]1)CCCC3)Nc1cccc2c1CCCC2. The molecule has 0 radical (unpaired) electrons. The maximum Gasteiger partial charge on any atom is 0.259 e. The molecule has 2 aliphatic carbocycles. The number of nitrogens with zero attached hydrogens (tertiary/aromatic N) is 1. The summed E-state index contributed by atoms with van der Waals surface area (Å²) in [7, 11) is 0. The third-order valence-electron chi connectivity index (χ3n) is 6.02. The molecule has 2 aliphatic rings. The molecule has 5 rings (SSSR count). The molecule has 1 aromatic carbocycles. The third kappa shape index (κ3) is 3.93. The second-order valence-corrected chi connectivity index (χ2v) is 10.2. The Bertz CT molecular complexity index is 1170. The van der Waals surface area contributed by atoms with E-state index in [0.717, 1.165) is 48.0 Å². The number of aromatic amines is 1. The number of anilines is 1. The van der Waals surface area contributed by atoms with E-state index in [2.05, 4.69) is 21.4 Å². The van der Waals surface area contributed by atoms with E-state index >= 15 is 0 Å². The van der Waals surface area contributed by atoms with Crippen LogP contribution in [0.5, 0.6) is 0 Å². The predicted octanol–water partition coefficient (Wildman–Crippen LogP) is 4.61. The first kappa shape index (κ1) is 19.8. The van der Waals surface area contributed by atoms with Crippen LogP contribution in [-0.4, -0.2) is 21.6 Å². The van der Waals surface area contributed by atoms with Crippen LogP contribution < -0.4 is 10.9 Å². The summed E-state index contributed by atoms with van der Waals surface area (Å²) in [5.41, 5.74) is 4.78. The molecule has 0 spiro atoms. The number of carbonyl (C=O) groups excluding carboxylic acids is 1. The van der Waals surface area contributed by atoms with Gasteiger partial charge in [-0.05, 0) is 74.1 Å². The Morgan fingerprint density at radius 2 is 1.90 bits per heavy atom. The maximum absolute atomic E-state index is 12.6. The fourth-order valence-corrected chi connectivity index (χ4v) is 6.57. The van der Waals surface area contributed by atoms with Gasteiger partial charge in [-0.15, -0.1) is 23.1 Å². The van der Waals surface area contributed by atoms with Gasteiger partial charge in [-0.1, -0.05) is 12.1 Å². The normalized spacial score (nSPS) is 15.6. The number of carbonyl (C=O) groups is 1. The molecule has 0 unspecified atom stereocenters. The van der Waals surface area contributed by atoms with Crippen molar-refractivity contribution in [2.45, 2.75) is 57.1 Å². The first-order valence-corrected chi connectivity index (χ1v) is 12.7. The summed E-state index contributed by atoms with van der Waals surface area (Å²) in [5.74, 6) is 1.51. The van der Waals surface area contributed by atoms with Crippen molar-refractivity contribution in [3.05, 3.63) is 55.9 Å². The molecule has 0 bridgehead atoms. The summed E-state index contributed by atoms with van der Waals surface area (Å²) >= 11 is 3.15. The van der Waals surface area contributed by atoms with E-state index in [9.17, 15) is 9.59 Å². The van der Waals surface area contributed by atoms with Crippen LogP contribution in [0.15, 0.2) is 23.0 Å².